The molecule has 4 aromatic heterocycles. The maximum atomic E-state index is 13.7. The van der Waals surface area contributed by atoms with Crippen molar-refractivity contribution < 1.29 is 22.6 Å². The number of hydrogen-bond acceptors (Lipinski definition) is 7. The number of nitrogens with zero attached hydrogens (tertiary/aromatic N) is 7. The highest BCUT2D eigenvalue weighted by molar-refractivity contribution is 6.01. The molecule has 6 heterocycles. The molecule has 0 radical (unpaired) electrons. The third-order valence-electron chi connectivity index (χ3n) is 7.36. The van der Waals surface area contributed by atoms with E-state index < -0.39 is 11.9 Å². The van der Waals surface area contributed by atoms with E-state index in [0.29, 0.717) is 60.0 Å². The van der Waals surface area contributed by atoms with E-state index in [1.54, 1.807) is 25.4 Å². The topological polar surface area (TPSA) is 83.1 Å². The molecule has 6 rings (SSSR count). The quantitative estimate of drug-likeness (QED) is 0.338. The van der Waals surface area contributed by atoms with Crippen molar-refractivity contribution >= 4 is 16.7 Å². The molecule has 2 fully saturated rings. The highest BCUT2D eigenvalue weighted by Crippen LogP contribution is 2.39. The number of fused-ring (bicyclic) bond motifs is 1. The summed E-state index contributed by atoms with van der Waals surface area (Å²) in [5.74, 6) is 0.653. The number of halogens is 3. The Bertz CT molecular complexity index is 1480. The van der Waals surface area contributed by atoms with E-state index in [2.05, 4.69) is 15.1 Å². The average molecular weight is 542 g/mol. The Morgan fingerprint density at radius 2 is 1.95 bits per heavy atom. The Labute approximate surface area is 223 Å². The van der Waals surface area contributed by atoms with Crippen molar-refractivity contribution in [3.05, 3.63) is 42.4 Å². The summed E-state index contributed by atoms with van der Waals surface area (Å²) in [6, 6.07) is 6.69. The van der Waals surface area contributed by atoms with Crippen LogP contribution in [0.5, 0.6) is 0 Å². The first-order valence-corrected chi connectivity index (χ1v) is 13.3. The first-order chi connectivity index (χ1) is 18.8. The zero-order valence-corrected chi connectivity index (χ0v) is 21.9. The molecule has 2 aliphatic heterocycles. The smallest absolute Gasteiger partial charge is 0.377 e. The molecule has 2 saturated heterocycles. The number of aryl methyl sites for hydroxylation is 1. The predicted octanol–water partition coefficient (Wildman–Crippen LogP) is 5.32. The minimum absolute atomic E-state index is 0.0414. The van der Waals surface area contributed by atoms with Gasteiger partial charge in [-0.3, -0.25) is 9.67 Å². The normalized spacial score (nSPS) is 20.6. The van der Waals surface area contributed by atoms with Gasteiger partial charge in [0, 0.05) is 43.0 Å². The summed E-state index contributed by atoms with van der Waals surface area (Å²) >= 11 is 0. The molecule has 0 amide bonds. The van der Waals surface area contributed by atoms with Gasteiger partial charge in [-0.25, -0.2) is 9.67 Å². The van der Waals surface area contributed by atoms with Crippen LogP contribution in [0.3, 0.4) is 0 Å². The fourth-order valence-electron chi connectivity index (χ4n) is 5.41. The van der Waals surface area contributed by atoms with Crippen LogP contribution in [-0.4, -0.2) is 61.9 Å². The fourth-order valence-corrected chi connectivity index (χ4v) is 5.41. The van der Waals surface area contributed by atoms with Crippen LogP contribution in [0.25, 0.3) is 33.5 Å². The maximum absolute atomic E-state index is 13.7. The number of morpholine rings is 1. The van der Waals surface area contributed by atoms with Crippen LogP contribution in [0.4, 0.5) is 19.0 Å². The molecule has 0 aliphatic carbocycles. The summed E-state index contributed by atoms with van der Waals surface area (Å²) < 4.78 is 56.0. The molecule has 0 bridgehead atoms. The minimum atomic E-state index is -4.56. The number of ether oxygens (including phenoxy) is 2. The van der Waals surface area contributed by atoms with E-state index in [4.69, 9.17) is 19.4 Å². The Morgan fingerprint density at radius 3 is 2.69 bits per heavy atom. The molecule has 0 N–H and O–H groups in total. The second-order valence-corrected chi connectivity index (χ2v) is 9.91. The minimum Gasteiger partial charge on any atom is -0.377 e. The number of rotatable bonds is 5. The maximum Gasteiger partial charge on any atom is 0.435 e. The van der Waals surface area contributed by atoms with E-state index in [-0.39, 0.29) is 18.8 Å². The Morgan fingerprint density at radius 1 is 1.08 bits per heavy atom. The highest BCUT2D eigenvalue weighted by atomic mass is 19.4. The van der Waals surface area contributed by atoms with Crippen molar-refractivity contribution in [2.45, 2.75) is 58.1 Å². The van der Waals surface area contributed by atoms with E-state index in [9.17, 15) is 13.2 Å². The number of hydrogen-bond donors (Lipinski definition) is 0. The van der Waals surface area contributed by atoms with E-state index >= 15 is 0 Å². The van der Waals surface area contributed by atoms with Gasteiger partial charge in [0.1, 0.15) is 17.0 Å². The van der Waals surface area contributed by atoms with Gasteiger partial charge in [-0.1, -0.05) is 0 Å². The van der Waals surface area contributed by atoms with Gasteiger partial charge in [-0.2, -0.15) is 23.4 Å². The highest BCUT2D eigenvalue weighted by Gasteiger charge is 2.35. The molecule has 12 heteroatoms. The molecule has 9 nitrogen and oxygen atoms in total. The third-order valence-corrected chi connectivity index (χ3v) is 7.36. The standard InChI is InChI=1S/C27H30F3N7O2/c1-3-36-21(15-22(34-36)27(28,29)30)19-14-23(35-11-13-38-16-17(35)2)33-25-18(19)7-9-31-26(25)20-8-10-32-37(20)24-6-4-5-12-39-24/h7-10,14-15,17,24H,3-6,11-13,16H2,1-2H3. The van der Waals surface area contributed by atoms with Crippen LogP contribution in [0.1, 0.15) is 45.0 Å². The van der Waals surface area contributed by atoms with Crippen LogP contribution in [-0.2, 0) is 22.2 Å². The molecule has 206 valence electrons. The molecular weight excluding hydrogens is 511 g/mol. The largest absolute Gasteiger partial charge is 0.435 e. The zero-order chi connectivity index (χ0) is 27.1. The van der Waals surface area contributed by atoms with Gasteiger partial charge in [0.25, 0.3) is 0 Å². The average Bonchev–Trinajstić information content (AvgIpc) is 3.61. The fraction of sp³-hybridized carbons (Fsp3) is 0.481. The zero-order valence-electron chi connectivity index (χ0n) is 21.9. The molecule has 0 saturated carbocycles. The second-order valence-electron chi connectivity index (χ2n) is 9.91. The van der Waals surface area contributed by atoms with Gasteiger partial charge in [-0.15, -0.1) is 0 Å². The Balaban J connectivity index is 1.59. The third kappa shape index (κ3) is 4.76. The summed E-state index contributed by atoms with van der Waals surface area (Å²) in [7, 11) is 0. The van der Waals surface area contributed by atoms with Gasteiger partial charge < -0.3 is 14.4 Å². The number of alkyl halides is 3. The Kier molecular flexibility index (Phi) is 6.76. The van der Waals surface area contributed by atoms with Gasteiger partial charge >= 0.3 is 6.18 Å². The molecule has 0 aromatic carbocycles. The molecular formula is C27H30F3N7O2. The van der Waals surface area contributed by atoms with E-state index in [1.165, 1.54) is 4.68 Å². The van der Waals surface area contributed by atoms with Crippen molar-refractivity contribution in [2.75, 3.05) is 31.3 Å². The SMILES string of the molecule is CCn1nc(C(F)(F)F)cc1-c1cc(N2CCOCC2C)nc2c(-c3ccnn3C3CCCCO3)nccc12. The van der Waals surface area contributed by atoms with Crippen molar-refractivity contribution in [1.82, 2.24) is 29.5 Å². The first kappa shape index (κ1) is 25.8. The van der Waals surface area contributed by atoms with Crippen LogP contribution >= 0.6 is 0 Å². The van der Waals surface area contributed by atoms with Crippen molar-refractivity contribution in [2.24, 2.45) is 0 Å². The summed E-state index contributed by atoms with van der Waals surface area (Å²) in [5, 5.41) is 9.11. The molecule has 0 spiro atoms. The van der Waals surface area contributed by atoms with Crippen molar-refractivity contribution in [3.63, 3.8) is 0 Å². The summed E-state index contributed by atoms with van der Waals surface area (Å²) in [6.07, 6.45) is 1.50. The van der Waals surface area contributed by atoms with Crippen LogP contribution in [0, 0.1) is 0 Å². The summed E-state index contributed by atoms with van der Waals surface area (Å²) in [4.78, 5) is 11.9. The van der Waals surface area contributed by atoms with Gasteiger partial charge in [0.2, 0.25) is 0 Å². The number of aromatic nitrogens is 6. The van der Waals surface area contributed by atoms with Crippen molar-refractivity contribution in [1.29, 1.82) is 0 Å². The second kappa shape index (κ2) is 10.2. The van der Waals surface area contributed by atoms with Gasteiger partial charge in [-0.05, 0) is 57.4 Å². The molecule has 2 aliphatic rings. The number of pyridine rings is 2. The lowest BCUT2D eigenvalue weighted by molar-refractivity contribution is -0.141. The van der Waals surface area contributed by atoms with Crippen LogP contribution in [0.2, 0.25) is 0 Å². The Hall–Kier alpha value is -3.51. The van der Waals surface area contributed by atoms with E-state index in [1.807, 2.05) is 23.7 Å². The molecule has 2 unspecified atom stereocenters. The monoisotopic (exact) mass is 541 g/mol. The first-order valence-electron chi connectivity index (χ1n) is 13.3. The van der Waals surface area contributed by atoms with E-state index in [0.717, 1.165) is 31.0 Å². The predicted molar refractivity (Wildman–Crippen MR) is 139 cm³/mol. The lowest BCUT2D eigenvalue weighted by Gasteiger charge is -2.34. The lowest BCUT2D eigenvalue weighted by Crippen LogP contribution is -2.44. The van der Waals surface area contributed by atoms with Gasteiger partial charge in [0.15, 0.2) is 11.9 Å². The number of anilines is 1. The molecule has 4 aromatic rings. The summed E-state index contributed by atoms with van der Waals surface area (Å²) in [6.45, 7) is 6.45. The van der Waals surface area contributed by atoms with Crippen LogP contribution in [0.15, 0.2) is 36.7 Å². The van der Waals surface area contributed by atoms with Crippen LogP contribution < -0.4 is 4.90 Å². The van der Waals surface area contributed by atoms with Crippen molar-refractivity contribution in [3.8, 4) is 22.6 Å². The van der Waals surface area contributed by atoms with Gasteiger partial charge in [0.05, 0.1) is 30.6 Å². The lowest BCUT2D eigenvalue weighted by atomic mass is 10.0. The summed E-state index contributed by atoms with van der Waals surface area (Å²) in [5.41, 5.74) is 1.99. The molecule has 2 atom stereocenters. The molecule has 39 heavy (non-hydrogen) atoms.